The summed E-state index contributed by atoms with van der Waals surface area (Å²) < 4.78 is 275. The predicted octanol–water partition coefficient (Wildman–Crippen LogP) is 5.86. The summed E-state index contributed by atoms with van der Waals surface area (Å²) in [6.45, 7) is -4.45. The van der Waals surface area contributed by atoms with Crippen molar-refractivity contribution >= 4 is 10.1 Å². The first kappa shape index (κ1) is 32.5. The molecule has 0 aromatic carbocycles. The van der Waals surface area contributed by atoms with Crippen LogP contribution in [-0.2, 0) is 14.3 Å². The van der Waals surface area contributed by atoms with Gasteiger partial charge in [-0.1, -0.05) is 0 Å². The highest BCUT2D eigenvalue weighted by molar-refractivity contribution is 7.87. The van der Waals surface area contributed by atoms with Crippen molar-refractivity contribution < 1.29 is 100 Å². The minimum absolute atomic E-state index is 1.99. The second-order valence-corrected chi connectivity index (χ2v) is 7.46. The zero-order valence-electron chi connectivity index (χ0n) is 14.4. The molecule has 0 spiro atoms. The number of hydrogen-bond acceptors (Lipinski definition) is 3. The molecule has 0 atom stereocenters. The quantitative estimate of drug-likeness (QED) is 0.253. The molecule has 34 heavy (non-hydrogen) atoms. The Morgan fingerprint density at radius 1 is 0.441 bits per heavy atom. The van der Waals surface area contributed by atoms with Crippen LogP contribution < -0.4 is 0 Å². The molecule has 0 heterocycles. The van der Waals surface area contributed by atoms with E-state index in [1.165, 1.54) is 0 Å². The maximum Gasteiger partial charge on any atom is 0.460 e. The van der Waals surface area contributed by atoms with E-state index >= 15 is 0 Å². The summed E-state index contributed by atoms with van der Waals surface area (Å²) in [5.41, 5.74) is 0. The standard InChI is InChI=1S/C10H2F20O3S/c11-2(12,3(13,14)4(15,16)5(17,18)8(23,24)25)1-33-34(31,32)10(29,30)7(21,22)6(19,20)9(26,27)28/h1H2. The Labute approximate surface area is 171 Å². The van der Waals surface area contributed by atoms with Crippen LogP contribution in [0, 0.1) is 0 Å². The molecule has 0 N–H and O–H groups in total. The Morgan fingerprint density at radius 2 is 0.735 bits per heavy atom. The van der Waals surface area contributed by atoms with Gasteiger partial charge in [0.05, 0.1) is 0 Å². The monoisotopic (exact) mass is 582 g/mol. The fourth-order valence-electron chi connectivity index (χ4n) is 1.44. The van der Waals surface area contributed by atoms with Crippen LogP contribution in [0.2, 0.25) is 0 Å². The Hall–Kier alpha value is -1.49. The minimum Gasteiger partial charge on any atom is -0.259 e. The van der Waals surface area contributed by atoms with Crippen molar-refractivity contribution in [3.05, 3.63) is 0 Å². The molecule has 0 amide bonds. The third-order valence-electron chi connectivity index (χ3n) is 3.43. The Balaban J connectivity index is 6.30. The molecule has 0 bridgehead atoms. The van der Waals surface area contributed by atoms with E-state index < -0.39 is 69.9 Å². The largest absolute Gasteiger partial charge is 0.460 e. The highest BCUT2D eigenvalue weighted by Crippen LogP contribution is 2.58. The van der Waals surface area contributed by atoms with E-state index in [1.807, 2.05) is 4.18 Å². The topological polar surface area (TPSA) is 43.4 Å². The summed E-state index contributed by atoms with van der Waals surface area (Å²) in [6.07, 6.45) is -15.4. The predicted molar refractivity (Wildman–Crippen MR) is 61.6 cm³/mol. The van der Waals surface area contributed by atoms with Crippen LogP contribution in [0.3, 0.4) is 0 Å². The molecule has 0 aliphatic rings. The van der Waals surface area contributed by atoms with E-state index in [9.17, 15) is 96.2 Å². The molecule has 24 heteroatoms. The minimum atomic E-state index is -8.40. The third kappa shape index (κ3) is 4.42. The summed E-state index contributed by atoms with van der Waals surface area (Å²) in [5.74, 6) is -48.0. The molecule has 0 unspecified atom stereocenters. The van der Waals surface area contributed by atoms with Crippen LogP contribution in [0.25, 0.3) is 0 Å². The normalized spacial score (nSPS) is 16.7. The van der Waals surface area contributed by atoms with Crippen LogP contribution >= 0.6 is 0 Å². The Morgan fingerprint density at radius 3 is 1.03 bits per heavy atom. The highest BCUT2D eigenvalue weighted by Gasteiger charge is 2.88. The molecule has 0 fully saturated rings. The molecule has 0 rings (SSSR count). The lowest BCUT2D eigenvalue weighted by Crippen LogP contribution is -2.67. The SMILES string of the molecule is O=S(=O)(OCC(F)(F)C(F)(F)C(F)(F)C(F)(F)C(F)(F)F)C(F)(F)C(F)(F)C(F)(F)C(F)(F)F. The fourth-order valence-corrected chi connectivity index (χ4v) is 2.33. The van der Waals surface area contributed by atoms with Gasteiger partial charge >= 0.3 is 63.3 Å². The van der Waals surface area contributed by atoms with Gasteiger partial charge in [0.2, 0.25) is 0 Å². The van der Waals surface area contributed by atoms with Gasteiger partial charge in [-0.15, -0.1) is 0 Å². The maximum absolute atomic E-state index is 13.2. The summed E-state index contributed by atoms with van der Waals surface area (Å²) in [6, 6.07) is 0. The van der Waals surface area contributed by atoms with Crippen molar-refractivity contribution in [3.8, 4) is 0 Å². The molecule has 0 aliphatic carbocycles. The molecule has 0 aromatic heterocycles. The van der Waals surface area contributed by atoms with Gasteiger partial charge in [-0.05, 0) is 0 Å². The molecule has 0 saturated heterocycles. The summed E-state index contributed by atoms with van der Waals surface area (Å²) in [7, 11) is -8.40. The molecular weight excluding hydrogens is 580 g/mol. The molecule has 206 valence electrons. The lowest BCUT2D eigenvalue weighted by molar-refractivity contribution is -0.423. The van der Waals surface area contributed by atoms with Crippen molar-refractivity contribution in [1.29, 1.82) is 0 Å². The van der Waals surface area contributed by atoms with E-state index in [2.05, 4.69) is 0 Å². The van der Waals surface area contributed by atoms with Gasteiger partial charge in [-0.3, -0.25) is 4.18 Å². The van der Waals surface area contributed by atoms with Gasteiger partial charge in [-0.2, -0.15) is 96.2 Å². The van der Waals surface area contributed by atoms with Gasteiger partial charge in [0.15, 0.2) is 0 Å². The van der Waals surface area contributed by atoms with Crippen LogP contribution in [-0.4, -0.2) is 68.2 Å². The lowest BCUT2D eigenvalue weighted by Gasteiger charge is -2.37. The summed E-state index contributed by atoms with van der Waals surface area (Å²) in [5, 5.41) is -7.97. The van der Waals surface area contributed by atoms with Crippen molar-refractivity contribution in [2.45, 2.75) is 53.1 Å². The van der Waals surface area contributed by atoms with Gasteiger partial charge in [-0.25, -0.2) is 0 Å². The molecule has 0 aromatic rings. The number of halogens is 20. The van der Waals surface area contributed by atoms with Crippen LogP contribution in [0.15, 0.2) is 0 Å². The van der Waals surface area contributed by atoms with Crippen LogP contribution in [0.5, 0.6) is 0 Å². The van der Waals surface area contributed by atoms with E-state index in [4.69, 9.17) is 0 Å². The van der Waals surface area contributed by atoms with Crippen LogP contribution in [0.1, 0.15) is 0 Å². The summed E-state index contributed by atoms with van der Waals surface area (Å²) in [4.78, 5) is 0. The van der Waals surface area contributed by atoms with Crippen molar-refractivity contribution in [3.63, 3.8) is 0 Å². The molecule has 0 saturated carbocycles. The van der Waals surface area contributed by atoms with Crippen LogP contribution in [0.4, 0.5) is 87.8 Å². The second-order valence-electron chi connectivity index (χ2n) is 5.81. The smallest absolute Gasteiger partial charge is 0.259 e. The summed E-state index contributed by atoms with van der Waals surface area (Å²) >= 11 is 0. The first-order valence-electron chi connectivity index (χ1n) is 6.88. The van der Waals surface area contributed by atoms with Gasteiger partial charge in [0.1, 0.15) is 6.61 Å². The first-order valence-corrected chi connectivity index (χ1v) is 8.28. The molecular formula is C10H2F20O3S. The lowest BCUT2D eigenvalue weighted by atomic mass is 9.98. The zero-order valence-corrected chi connectivity index (χ0v) is 15.2. The number of hydrogen-bond donors (Lipinski definition) is 0. The van der Waals surface area contributed by atoms with Gasteiger partial charge < -0.3 is 0 Å². The Kier molecular flexibility index (Phi) is 7.66. The zero-order chi connectivity index (χ0) is 28.4. The molecule has 3 nitrogen and oxygen atoms in total. The van der Waals surface area contributed by atoms with E-state index in [1.54, 1.807) is 0 Å². The number of alkyl halides is 20. The highest BCUT2D eigenvalue weighted by atomic mass is 32.2. The molecule has 0 aliphatic heterocycles. The first-order chi connectivity index (χ1) is 14.2. The van der Waals surface area contributed by atoms with Crippen molar-refractivity contribution in [1.82, 2.24) is 0 Å². The fraction of sp³-hybridized carbons (Fsp3) is 1.00. The molecule has 0 radical (unpaired) electrons. The average molecular weight is 582 g/mol. The van der Waals surface area contributed by atoms with Gasteiger partial charge in [0.25, 0.3) is 0 Å². The maximum atomic E-state index is 13.2. The van der Waals surface area contributed by atoms with Crippen molar-refractivity contribution in [2.24, 2.45) is 0 Å². The van der Waals surface area contributed by atoms with Gasteiger partial charge in [0, 0.05) is 0 Å². The Bertz CT molecular complexity index is 849. The number of rotatable bonds is 9. The third-order valence-corrected chi connectivity index (χ3v) is 4.74. The van der Waals surface area contributed by atoms with E-state index in [0.717, 1.165) is 0 Å². The average Bonchev–Trinajstić information content (AvgIpc) is 2.57. The van der Waals surface area contributed by atoms with E-state index in [-0.39, 0.29) is 0 Å². The van der Waals surface area contributed by atoms with Crippen molar-refractivity contribution in [2.75, 3.05) is 6.61 Å². The van der Waals surface area contributed by atoms with E-state index in [0.29, 0.717) is 0 Å². The second kappa shape index (κ2) is 8.01.